The van der Waals surface area contributed by atoms with Gasteiger partial charge in [-0.15, -0.1) is 5.10 Å². The molecular formula is C21H14ClFN4O. The van der Waals surface area contributed by atoms with E-state index in [2.05, 4.69) is 15.6 Å². The van der Waals surface area contributed by atoms with Crippen molar-refractivity contribution in [2.75, 3.05) is 5.32 Å². The minimum absolute atomic E-state index is 0.230. The zero-order chi connectivity index (χ0) is 19.5. The highest BCUT2D eigenvalue weighted by molar-refractivity contribution is 6.30. The van der Waals surface area contributed by atoms with Crippen LogP contribution in [0.3, 0.4) is 0 Å². The molecular weight excluding hydrogens is 379 g/mol. The van der Waals surface area contributed by atoms with E-state index in [-0.39, 0.29) is 11.7 Å². The molecule has 0 radical (unpaired) electrons. The summed E-state index contributed by atoms with van der Waals surface area (Å²) < 4.78 is 14.8. The summed E-state index contributed by atoms with van der Waals surface area (Å²) in [4.78, 5) is 12.4. The molecule has 3 aromatic carbocycles. The second-order valence-electron chi connectivity index (χ2n) is 6.05. The third-order valence-electron chi connectivity index (χ3n) is 4.17. The van der Waals surface area contributed by atoms with Crippen LogP contribution < -0.4 is 5.32 Å². The van der Waals surface area contributed by atoms with Crippen LogP contribution in [0.5, 0.6) is 0 Å². The lowest BCUT2D eigenvalue weighted by molar-refractivity contribution is 0.102. The summed E-state index contributed by atoms with van der Waals surface area (Å²) in [5.74, 6) is -0.537. The lowest BCUT2D eigenvalue weighted by Crippen LogP contribution is -2.12. The van der Waals surface area contributed by atoms with Gasteiger partial charge in [0.05, 0.1) is 17.6 Å². The molecule has 28 heavy (non-hydrogen) atoms. The minimum Gasteiger partial charge on any atom is -0.322 e. The second-order valence-corrected chi connectivity index (χ2v) is 6.48. The molecule has 1 aromatic heterocycles. The van der Waals surface area contributed by atoms with Crippen LogP contribution in [0.1, 0.15) is 10.4 Å². The van der Waals surface area contributed by atoms with Crippen LogP contribution in [0.4, 0.5) is 10.1 Å². The summed E-state index contributed by atoms with van der Waals surface area (Å²) in [5, 5.41) is 11.5. The number of carbonyl (C=O) groups excluding carboxylic acids is 1. The highest BCUT2D eigenvalue weighted by atomic mass is 35.5. The second kappa shape index (κ2) is 7.62. The van der Waals surface area contributed by atoms with Crippen molar-refractivity contribution in [2.24, 2.45) is 0 Å². The number of amides is 1. The maximum absolute atomic E-state index is 13.2. The van der Waals surface area contributed by atoms with Crippen molar-refractivity contribution in [2.45, 2.75) is 0 Å². The Morgan fingerprint density at radius 3 is 2.29 bits per heavy atom. The summed E-state index contributed by atoms with van der Waals surface area (Å²) in [7, 11) is 0. The number of carbonyl (C=O) groups is 1. The zero-order valence-electron chi connectivity index (χ0n) is 14.5. The SMILES string of the molecule is O=C(Nc1ccc(Cl)cc1)c1ccc(-n2nncc2-c2ccc(F)cc2)cc1. The van der Waals surface area contributed by atoms with E-state index in [9.17, 15) is 9.18 Å². The first-order chi connectivity index (χ1) is 13.6. The standard InChI is InChI=1S/C21H14ClFN4O/c22-16-5-9-18(10-6-16)25-21(28)15-3-11-19(12-4-15)27-20(13-24-26-27)14-1-7-17(23)8-2-14/h1-13H,(H,25,28). The van der Waals surface area contributed by atoms with Gasteiger partial charge in [0.1, 0.15) is 5.82 Å². The fraction of sp³-hybridized carbons (Fsp3) is 0. The Labute approximate surface area is 165 Å². The summed E-state index contributed by atoms with van der Waals surface area (Å²) in [6, 6.07) is 20.0. The van der Waals surface area contributed by atoms with E-state index < -0.39 is 0 Å². The fourth-order valence-corrected chi connectivity index (χ4v) is 2.86. The van der Waals surface area contributed by atoms with Gasteiger partial charge in [-0.3, -0.25) is 4.79 Å². The van der Waals surface area contributed by atoms with Crippen LogP contribution in [0.25, 0.3) is 16.9 Å². The van der Waals surface area contributed by atoms with Crippen LogP contribution in [-0.4, -0.2) is 20.9 Å². The highest BCUT2D eigenvalue weighted by Crippen LogP contribution is 2.22. The first kappa shape index (κ1) is 17.9. The summed E-state index contributed by atoms with van der Waals surface area (Å²) >= 11 is 5.85. The average molecular weight is 393 g/mol. The van der Waals surface area contributed by atoms with Gasteiger partial charge in [-0.1, -0.05) is 16.8 Å². The number of hydrogen-bond donors (Lipinski definition) is 1. The van der Waals surface area contributed by atoms with Crippen molar-refractivity contribution < 1.29 is 9.18 Å². The predicted molar refractivity (Wildman–Crippen MR) is 106 cm³/mol. The number of nitrogens with zero attached hydrogens (tertiary/aromatic N) is 3. The Kier molecular flexibility index (Phi) is 4.87. The molecule has 1 heterocycles. The van der Waals surface area contributed by atoms with Crippen molar-refractivity contribution in [1.82, 2.24) is 15.0 Å². The van der Waals surface area contributed by atoms with Gasteiger partial charge in [0.2, 0.25) is 0 Å². The summed E-state index contributed by atoms with van der Waals surface area (Å²) in [6.45, 7) is 0. The van der Waals surface area contributed by atoms with Crippen LogP contribution in [0, 0.1) is 5.82 Å². The molecule has 4 aromatic rings. The van der Waals surface area contributed by atoms with Crippen LogP contribution in [-0.2, 0) is 0 Å². The monoisotopic (exact) mass is 392 g/mol. The molecule has 0 saturated carbocycles. The third kappa shape index (κ3) is 3.77. The smallest absolute Gasteiger partial charge is 0.255 e. The molecule has 7 heteroatoms. The minimum atomic E-state index is -0.307. The van der Waals surface area contributed by atoms with Crippen molar-refractivity contribution in [1.29, 1.82) is 0 Å². The first-order valence-corrected chi connectivity index (χ1v) is 8.82. The largest absolute Gasteiger partial charge is 0.322 e. The van der Waals surface area contributed by atoms with Crippen molar-refractivity contribution in [3.63, 3.8) is 0 Å². The molecule has 0 atom stereocenters. The number of aromatic nitrogens is 3. The molecule has 138 valence electrons. The molecule has 0 fully saturated rings. The lowest BCUT2D eigenvalue weighted by Gasteiger charge is -2.08. The number of benzene rings is 3. The van der Waals surface area contributed by atoms with E-state index in [0.717, 1.165) is 16.9 Å². The topological polar surface area (TPSA) is 59.8 Å². The van der Waals surface area contributed by atoms with Gasteiger partial charge in [-0.2, -0.15) is 0 Å². The number of hydrogen-bond acceptors (Lipinski definition) is 3. The number of rotatable bonds is 4. The van der Waals surface area contributed by atoms with Gasteiger partial charge < -0.3 is 5.32 Å². The van der Waals surface area contributed by atoms with Gasteiger partial charge in [-0.05, 0) is 72.8 Å². The predicted octanol–water partition coefficient (Wildman–Crippen LogP) is 4.98. The molecule has 1 amide bonds. The molecule has 0 spiro atoms. The van der Waals surface area contributed by atoms with E-state index in [1.807, 2.05) is 0 Å². The van der Waals surface area contributed by atoms with Crippen LogP contribution >= 0.6 is 11.6 Å². The third-order valence-corrected chi connectivity index (χ3v) is 4.42. The van der Waals surface area contributed by atoms with E-state index >= 15 is 0 Å². The highest BCUT2D eigenvalue weighted by Gasteiger charge is 2.11. The molecule has 5 nitrogen and oxygen atoms in total. The molecule has 0 saturated heterocycles. The molecule has 0 aliphatic carbocycles. The van der Waals surface area contributed by atoms with Crippen molar-refractivity contribution in [3.8, 4) is 16.9 Å². The Balaban J connectivity index is 1.55. The van der Waals surface area contributed by atoms with Crippen LogP contribution in [0.2, 0.25) is 5.02 Å². The normalized spacial score (nSPS) is 10.6. The van der Waals surface area contributed by atoms with Gasteiger partial charge in [-0.25, -0.2) is 9.07 Å². The number of nitrogens with one attached hydrogen (secondary N) is 1. The number of anilines is 1. The molecule has 4 rings (SSSR count). The van der Waals surface area contributed by atoms with Gasteiger partial charge >= 0.3 is 0 Å². The maximum Gasteiger partial charge on any atom is 0.255 e. The maximum atomic E-state index is 13.2. The Morgan fingerprint density at radius 2 is 1.61 bits per heavy atom. The van der Waals surface area contributed by atoms with E-state index in [0.29, 0.717) is 16.3 Å². The van der Waals surface area contributed by atoms with Crippen molar-refractivity contribution in [3.05, 3.63) is 95.4 Å². The van der Waals surface area contributed by atoms with Gasteiger partial charge in [0, 0.05) is 21.8 Å². The zero-order valence-corrected chi connectivity index (χ0v) is 15.3. The van der Waals surface area contributed by atoms with E-state index in [1.54, 1.807) is 71.5 Å². The van der Waals surface area contributed by atoms with Gasteiger partial charge in [0.15, 0.2) is 0 Å². The molecule has 0 bridgehead atoms. The summed E-state index contributed by atoms with van der Waals surface area (Å²) in [5.41, 5.74) is 3.41. The van der Waals surface area contributed by atoms with Gasteiger partial charge in [0.25, 0.3) is 5.91 Å². The number of halogens is 2. The Bertz CT molecular complexity index is 1110. The Hall–Kier alpha value is -3.51. The van der Waals surface area contributed by atoms with Crippen LogP contribution in [0.15, 0.2) is 79.0 Å². The first-order valence-electron chi connectivity index (χ1n) is 8.44. The molecule has 0 aliphatic rings. The quantitative estimate of drug-likeness (QED) is 0.533. The van der Waals surface area contributed by atoms with Crippen molar-refractivity contribution >= 4 is 23.2 Å². The fourth-order valence-electron chi connectivity index (χ4n) is 2.73. The van der Waals surface area contributed by atoms with E-state index in [4.69, 9.17) is 11.6 Å². The van der Waals surface area contributed by atoms with E-state index in [1.165, 1.54) is 12.1 Å². The molecule has 1 N–H and O–H groups in total. The molecule has 0 unspecified atom stereocenters. The lowest BCUT2D eigenvalue weighted by atomic mass is 10.1. The summed E-state index contributed by atoms with van der Waals surface area (Å²) in [6.07, 6.45) is 1.61. The average Bonchev–Trinajstić information content (AvgIpc) is 3.20. The Morgan fingerprint density at radius 1 is 0.929 bits per heavy atom. The molecule has 0 aliphatic heterocycles.